The van der Waals surface area contributed by atoms with Crippen LogP contribution in [0.4, 0.5) is 0 Å². The van der Waals surface area contributed by atoms with Crippen molar-refractivity contribution in [3.05, 3.63) is 0 Å². The van der Waals surface area contributed by atoms with Crippen molar-refractivity contribution in [2.75, 3.05) is 13.7 Å². The Labute approximate surface area is 45.1 Å². The van der Waals surface area contributed by atoms with Gasteiger partial charge in [0, 0.05) is 7.11 Å². The molecule has 0 fully saturated rings. The average Bonchev–Trinajstić information content (AvgIpc) is 1.65. The topological polar surface area (TPSA) is 29.5 Å². The van der Waals surface area contributed by atoms with Crippen molar-refractivity contribution in [3.8, 4) is 0 Å². The second-order valence-electron chi connectivity index (χ2n) is 1.23. The van der Waals surface area contributed by atoms with Gasteiger partial charge < -0.3 is 9.84 Å². The first kappa shape index (κ1) is 10.0. The van der Waals surface area contributed by atoms with Crippen molar-refractivity contribution >= 4 is 0 Å². The minimum atomic E-state index is -0.00926. The molecule has 0 radical (unpaired) electrons. The van der Waals surface area contributed by atoms with E-state index in [9.17, 15) is 0 Å². The van der Waals surface area contributed by atoms with Crippen LogP contribution >= 0.6 is 0 Å². The molecule has 0 aliphatic rings. The van der Waals surface area contributed by atoms with Crippen LogP contribution in [-0.4, -0.2) is 24.9 Å². The van der Waals surface area contributed by atoms with Gasteiger partial charge in [0.1, 0.15) is 0 Å². The van der Waals surface area contributed by atoms with Crippen LogP contribution in [0.3, 0.4) is 0 Å². The van der Waals surface area contributed by atoms with Crippen molar-refractivity contribution in [2.24, 2.45) is 0 Å². The van der Waals surface area contributed by atoms with Crippen LogP contribution in [0.1, 0.15) is 14.4 Å². The molecule has 1 atom stereocenters. The molecule has 0 heterocycles. The highest BCUT2D eigenvalue weighted by Gasteiger charge is 1.90. The minimum Gasteiger partial charge on any atom is -0.394 e. The number of hydrogen-bond donors (Lipinski definition) is 1. The Morgan fingerprint density at radius 2 is 2.14 bits per heavy atom. The van der Waals surface area contributed by atoms with Crippen molar-refractivity contribution in [2.45, 2.75) is 20.5 Å². The smallest absolute Gasteiger partial charge is 0.0773 e. The van der Waals surface area contributed by atoms with Crippen LogP contribution in [0.5, 0.6) is 0 Å². The van der Waals surface area contributed by atoms with Gasteiger partial charge in [0.15, 0.2) is 0 Å². The number of aliphatic hydroxyl groups excluding tert-OH is 1. The first-order chi connectivity index (χ1) is 2.81. The summed E-state index contributed by atoms with van der Waals surface area (Å²) in [6, 6.07) is 0. The zero-order valence-corrected chi connectivity index (χ0v) is 4.14. The molecule has 0 aromatic rings. The zero-order chi connectivity index (χ0) is 4.99. The number of ether oxygens (including phenoxy) is 1. The third kappa shape index (κ3) is 5.92. The van der Waals surface area contributed by atoms with Crippen molar-refractivity contribution < 1.29 is 9.84 Å². The Morgan fingerprint density at radius 1 is 1.71 bits per heavy atom. The molecule has 0 spiro atoms. The average molecular weight is 106 g/mol. The molecule has 1 unspecified atom stereocenters. The van der Waals surface area contributed by atoms with E-state index in [0.717, 1.165) is 0 Å². The summed E-state index contributed by atoms with van der Waals surface area (Å²) in [7, 11) is 1.57. The summed E-state index contributed by atoms with van der Waals surface area (Å²) in [5.74, 6) is 0. The van der Waals surface area contributed by atoms with Gasteiger partial charge in [-0.15, -0.1) is 0 Å². The number of methoxy groups -OCH3 is 1. The van der Waals surface area contributed by atoms with Gasteiger partial charge in [0.25, 0.3) is 0 Å². The number of aliphatic hydroxyl groups is 1. The number of hydrogen-bond acceptors (Lipinski definition) is 2. The summed E-state index contributed by atoms with van der Waals surface area (Å²) in [4.78, 5) is 0. The van der Waals surface area contributed by atoms with Gasteiger partial charge in [0.05, 0.1) is 12.7 Å². The van der Waals surface area contributed by atoms with E-state index in [0.29, 0.717) is 0 Å². The fraction of sp³-hybridized carbons (Fsp3) is 1.00. The number of rotatable bonds is 2. The fourth-order valence-corrected chi connectivity index (χ4v) is 0.0745. The van der Waals surface area contributed by atoms with Gasteiger partial charge in [-0.1, -0.05) is 7.43 Å². The molecule has 0 aliphatic carbocycles. The second kappa shape index (κ2) is 5.92. The van der Waals surface area contributed by atoms with E-state index in [1.807, 2.05) is 0 Å². The van der Waals surface area contributed by atoms with Crippen LogP contribution in [-0.2, 0) is 4.74 Å². The van der Waals surface area contributed by atoms with Crippen molar-refractivity contribution in [3.63, 3.8) is 0 Å². The van der Waals surface area contributed by atoms with E-state index >= 15 is 0 Å². The molecule has 0 rings (SSSR count). The van der Waals surface area contributed by atoms with Gasteiger partial charge in [-0.05, 0) is 6.92 Å². The normalized spacial score (nSPS) is 12.4. The molecule has 0 saturated carbocycles. The van der Waals surface area contributed by atoms with E-state index in [1.165, 1.54) is 0 Å². The van der Waals surface area contributed by atoms with E-state index in [2.05, 4.69) is 4.74 Å². The predicted molar refractivity (Wildman–Crippen MR) is 30.3 cm³/mol. The Morgan fingerprint density at radius 3 is 2.14 bits per heavy atom. The van der Waals surface area contributed by atoms with Gasteiger partial charge >= 0.3 is 0 Å². The molecule has 0 saturated heterocycles. The highest BCUT2D eigenvalue weighted by Crippen LogP contribution is 1.80. The maximum absolute atomic E-state index is 8.21. The molecule has 2 nitrogen and oxygen atoms in total. The van der Waals surface area contributed by atoms with E-state index in [-0.39, 0.29) is 20.1 Å². The standard InChI is InChI=1S/C4H10O2.CH4/c1-4(3-5)6-2;/h4-5H,3H2,1-2H3;1H4. The summed E-state index contributed by atoms with van der Waals surface area (Å²) in [6.45, 7) is 1.91. The molecule has 0 bridgehead atoms. The second-order valence-corrected chi connectivity index (χ2v) is 1.23. The summed E-state index contributed by atoms with van der Waals surface area (Å²) < 4.78 is 4.65. The quantitative estimate of drug-likeness (QED) is 0.560. The largest absolute Gasteiger partial charge is 0.394 e. The molecular formula is C5H14O2. The Balaban J connectivity index is 0. The lowest BCUT2D eigenvalue weighted by molar-refractivity contribution is 0.0623. The molecule has 2 heteroatoms. The third-order valence-corrected chi connectivity index (χ3v) is 0.659. The van der Waals surface area contributed by atoms with Crippen LogP contribution in [0, 0.1) is 0 Å². The lowest BCUT2D eigenvalue weighted by Gasteiger charge is -2.00. The molecular weight excluding hydrogens is 92.1 g/mol. The van der Waals surface area contributed by atoms with E-state index in [4.69, 9.17) is 5.11 Å². The van der Waals surface area contributed by atoms with Gasteiger partial charge in [0.2, 0.25) is 0 Å². The first-order valence-electron chi connectivity index (χ1n) is 1.95. The highest BCUT2D eigenvalue weighted by atomic mass is 16.5. The van der Waals surface area contributed by atoms with Crippen molar-refractivity contribution in [1.29, 1.82) is 0 Å². The van der Waals surface area contributed by atoms with Crippen LogP contribution in [0.2, 0.25) is 0 Å². The van der Waals surface area contributed by atoms with Gasteiger partial charge in [-0.25, -0.2) is 0 Å². The molecule has 0 aromatic heterocycles. The molecule has 0 aliphatic heterocycles. The van der Waals surface area contributed by atoms with Gasteiger partial charge in [-0.3, -0.25) is 0 Å². The van der Waals surface area contributed by atoms with Crippen LogP contribution in [0.25, 0.3) is 0 Å². The summed E-state index contributed by atoms with van der Waals surface area (Å²) >= 11 is 0. The molecule has 7 heavy (non-hydrogen) atoms. The first-order valence-corrected chi connectivity index (χ1v) is 1.95. The Bertz CT molecular complexity index is 25.3. The maximum Gasteiger partial charge on any atom is 0.0773 e. The Hall–Kier alpha value is -0.0800. The lowest BCUT2D eigenvalue weighted by Crippen LogP contribution is -2.08. The molecule has 46 valence electrons. The Kier molecular flexibility index (Phi) is 8.47. The highest BCUT2D eigenvalue weighted by molar-refractivity contribution is 4.38. The summed E-state index contributed by atoms with van der Waals surface area (Å²) in [6.07, 6.45) is -0.00926. The summed E-state index contributed by atoms with van der Waals surface area (Å²) in [5, 5.41) is 8.21. The lowest BCUT2D eigenvalue weighted by atomic mass is 10.4. The van der Waals surface area contributed by atoms with Crippen LogP contribution < -0.4 is 0 Å². The molecule has 0 aromatic carbocycles. The fourth-order valence-electron chi connectivity index (χ4n) is 0.0745. The minimum absolute atomic E-state index is 0. The predicted octanol–water partition coefficient (Wildman–Crippen LogP) is 0.650. The van der Waals surface area contributed by atoms with Crippen molar-refractivity contribution in [1.82, 2.24) is 0 Å². The van der Waals surface area contributed by atoms with Crippen LogP contribution in [0.15, 0.2) is 0 Å². The summed E-state index contributed by atoms with van der Waals surface area (Å²) in [5.41, 5.74) is 0. The SMILES string of the molecule is C.COC(C)CO. The van der Waals surface area contributed by atoms with E-state index in [1.54, 1.807) is 14.0 Å². The maximum atomic E-state index is 8.21. The monoisotopic (exact) mass is 106 g/mol. The molecule has 1 N–H and O–H groups in total. The van der Waals surface area contributed by atoms with Gasteiger partial charge in [-0.2, -0.15) is 0 Å². The third-order valence-electron chi connectivity index (χ3n) is 0.659. The zero-order valence-electron chi connectivity index (χ0n) is 4.14. The molecule has 0 amide bonds. The van der Waals surface area contributed by atoms with E-state index < -0.39 is 0 Å².